The number of rotatable bonds is 14. The van der Waals surface area contributed by atoms with E-state index in [-0.39, 0.29) is 46.9 Å². The van der Waals surface area contributed by atoms with Crippen LogP contribution in [0.3, 0.4) is 0 Å². The molecule has 0 aliphatic carbocycles. The minimum absolute atomic E-state index is 0.0462. The molecule has 0 aliphatic rings. The summed E-state index contributed by atoms with van der Waals surface area (Å²) in [6.07, 6.45) is 0.791. The third-order valence-corrected chi connectivity index (χ3v) is 5.85. The van der Waals surface area contributed by atoms with Crippen LogP contribution in [0, 0.1) is 5.21 Å². The van der Waals surface area contributed by atoms with Gasteiger partial charge in [0.25, 0.3) is 0 Å². The summed E-state index contributed by atoms with van der Waals surface area (Å²) in [5, 5.41) is 36.8. The van der Waals surface area contributed by atoms with E-state index in [1.165, 1.54) is 51.7 Å². The zero-order valence-electron chi connectivity index (χ0n) is 22.3. The van der Waals surface area contributed by atoms with Gasteiger partial charge in [-0.25, -0.2) is 0 Å². The van der Waals surface area contributed by atoms with Crippen molar-refractivity contribution in [3.8, 4) is 23.0 Å². The molecule has 4 N–H and O–H groups in total. The summed E-state index contributed by atoms with van der Waals surface area (Å²) in [7, 11) is 4.42. The highest BCUT2D eigenvalue weighted by molar-refractivity contribution is 6.10. The topological polar surface area (TPSA) is 165 Å². The average molecular weight is 552 g/mol. The number of benzene rings is 3. The first-order valence-electron chi connectivity index (χ1n) is 12.2. The van der Waals surface area contributed by atoms with Crippen molar-refractivity contribution in [2.24, 2.45) is 5.10 Å². The molecule has 1 amide bonds. The quantitative estimate of drug-likeness (QED) is 0.122. The number of phenols is 1. The Balaban J connectivity index is 1.70. The Morgan fingerprint density at radius 2 is 1.65 bits per heavy atom. The maximum absolute atomic E-state index is 13.0. The molecular weight excluding hydrogens is 520 g/mol. The number of carbonyl (C=O) groups is 2. The Morgan fingerprint density at radius 3 is 2.30 bits per heavy atom. The summed E-state index contributed by atoms with van der Waals surface area (Å²) in [5.74, 6) is 0.621. The van der Waals surface area contributed by atoms with E-state index in [4.69, 9.17) is 19.4 Å². The van der Waals surface area contributed by atoms with Gasteiger partial charge in [0.15, 0.2) is 17.3 Å². The smallest absolute Gasteiger partial charge is 0.224 e. The van der Waals surface area contributed by atoms with Crippen LogP contribution in [0.25, 0.3) is 0 Å². The van der Waals surface area contributed by atoms with Crippen LogP contribution in [-0.4, -0.2) is 49.0 Å². The lowest BCUT2D eigenvalue weighted by atomic mass is 10.0. The van der Waals surface area contributed by atoms with Gasteiger partial charge in [-0.3, -0.25) is 20.2 Å². The molecular formula is C28H31N4O8-. The third kappa shape index (κ3) is 8.35. The van der Waals surface area contributed by atoms with Gasteiger partial charge in [0.05, 0.1) is 44.8 Å². The monoisotopic (exact) mass is 551 g/mol. The molecule has 0 atom stereocenters. The zero-order valence-corrected chi connectivity index (χ0v) is 22.3. The van der Waals surface area contributed by atoms with Crippen LogP contribution >= 0.6 is 0 Å². The van der Waals surface area contributed by atoms with Gasteiger partial charge in [0, 0.05) is 23.8 Å². The number of Topliss-reactive ketones (excluding diaryl/α,β-unsaturated/α-hetero) is 1. The van der Waals surface area contributed by atoms with E-state index in [1.807, 2.05) is 0 Å². The summed E-state index contributed by atoms with van der Waals surface area (Å²) in [4.78, 5) is 25.7. The first-order chi connectivity index (χ1) is 19.2. The van der Waals surface area contributed by atoms with E-state index in [2.05, 4.69) is 15.8 Å². The summed E-state index contributed by atoms with van der Waals surface area (Å²) >= 11 is 0. The molecule has 0 aromatic heterocycles. The van der Waals surface area contributed by atoms with Gasteiger partial charge >= 0.3 is 0 Å². The molecule has 3 aromatic rings. The highest BCUT2D eigenvalue weighted by Crippen LogP contribution is 2.29. The Hall–Kier alpha value is -4.81. The fourth-order valence-electron chi connectivity index (χ4n) is 3.71. The standard InChI is InChI=1S/C28H31N4O8/c1-38-22-12-14-26(39-2)23(17-22)29-28(35)6-4-5-20(31-30-19-8-10-21(11-9-19)32(36)37)16-25(34)18-7-13-24(33)27(15-18)40-3/h7-15,17,30,33,36H,4-6,16H2,1-3H3,(H,29,35)/q-1/b31-20+. The second kappa shape index (κ2) is 14.4. The predicted molar refractivity (Wildman–Crippen MR) is 151 cm³/mol. The van der Waals surface area contributed by atoms with Crippen LogP contribution < -0.4 is 30.2 Å². The van der Waals surface area contributed by atoms with E-state index in [1.54, 1.807) is 30.3 Å². The van der Waals surface area contributed by atoms with Gasteiger partial charge in [0.1, 0.15) is 11.5 Å². The van der Waals surface area contributed by atoms with Crippen molar-refractivity contribution < 1.29 is 34.1 Å². The fraction of sp³-hybridized carbons (Fsp3) is 0.250. The summed E-state index contributed by atoms with van der Waals surface area (Å²) in [6, 6.07) is 15.3. The van der Waals surface area contributed by atoms with Gasteiger partial charge in [-0.2, -0.15) is 5.10 Å². The SMILES string of the molecule is COc1ccc(OC)c(NC(=O)CCC/C(CC(=O)c2ccc(O)c(OC)c2)=N\Nc2ccc(N([O-])O)cc2)c1. The normalized spacial score (nSPS) is 11.0. The van der Waals surface area contributed by atoms with Gasteiger partial charge < -0.3 is 35.1 Å². The van der Waals surface area contributed by atoms with Crippen molar-refractivity contribution in [3.63, 3.8) is 0 Å². The maximum atomic E-state index is 13.0. The number of hydrogen-bond donors (Lipinski definition) is 4. The molecule has 0 bridgehead atoms. The molecule has 0 fully saturated rings. The largest absolute Gasteiger partial charge is 0.733 e. The molecule has 0 saturated carbocycles. The van der Waals surface area contributed by atoms with Crippen molar-refractivity contribution in [2.75, 3.05) is 37.3 Å². The molecule has 0 unspecified atom stereocenters. The Labute approximate surface area is 231 Å². The van der Waals surface area contributed by atoms with Crippen LogP contribution in [0.1, 0.15) is 36.0 Å². The minimum atomic E-state index is -0.262. The van der Waals surface area contributed by atoms with E-state index in [9.17, 15) is 19.9 Å². The van der Waals surface area contributed by atoms with Crippen molar-refractivity contribution in [3.05, 3.63) is 71.4 Å². The molecule has 0 spiro atoms. The number of ether oxygens (including phenoxy) is 3. The summed E-state index contributed by atoms with van der Waals surface area (Å²) in [6.45, 7) is 0. The van der Waals surface area contributed by atoms with Gasteiger partial charge in [0.2, 0.25) is 5.91 Å². The van der Waals surface area contributed by atoms with Crippen molar-refractivity contribution in [1.82, 2.24) is 0 Å². The second-order valence-corrected chi connectivity index (χ2v) is 8.56. The fourth-order valence-corrected chi connectivity index (χ4v) is 3.71. The Morgan fingerprint density at radius 1 is 0.925 bits per heavy atom. The van der Waals surface area contributed by atoms with Crippen LogP contribution in [0.5, 0.6) is 23.0 Å². The molecule has 0 radical (unpaired) electrons. The molecule has 3 aromatic carbocycles. The lowest BCUT2D eigenvalue weighted by Gasteiger charge is -2.21. The summed E-state index contributed by atoms with van der Waals surface area (Å²) in [5.41, 5.74) is 4.68. The summed E-state index contributed by atoms with van der Waals surface area (Å²) < 4.78 is 15.6. The van der Waals surface area contributed by atoms with Crippen molar-refractivity contribution in [1.29, 1.82) is 0 Å². The van der Waals surface area contributed by atoms with Crippen LogP contribution in [0.4, 0.5) is 17.1 Å². The van der Waals surface area contributed by atoms with Crippen LogP contribution in [0.2, 0.25) is 0 Å². The molecule has 3 rings (SSSR count). The van der Waals surface area contributed by atoms with Gasteiger partial charge in [-0.05, 0) is 67.4 Å². The molecule has 12 heteroatoms. The highest BCUT2D eigenvalue weighted by Gasteiger charge is 2.15. The Kier molecular flexibility index (Phi) is 10.7. The number of anilines is 3. The molecule has 0 aliphatic heterocycles. The number of aromatic hydroxyl groups is 1. The number of ketones is 1. The van der Waals surface area contributed by atoms with E-state index in [0.717, 1.165) is 0 Å². The number of amides is 1. The number of carbonyl (C=O) groups excluding carboxylic acids is 2. The van der Waals surface area contributed by atoms with Gasteiger partial charge in [-0.1, -0.05) is 0 Å². The van der Waals surface area contributed by atoms with Crippen molar-refractivity contribution >= 4 is 34.5 Å². The number of hydrogen-bond acceptors (Lipinski definition) is 11. The van der Waals surface area contributed by atoms with Crippen LogP contribution in [-0.2, 0) is 4.79 Å². The number of nitrogens with one attached hydrogen (secondary N) is 2. The first kappa shape index (κ1) is 29.7. The van der Waals surface area contributed by atoms with Crippen LogP contribution in [0.15, 0.2) is 65.8 Å². The minimum Gasteiger partial charge on any atom is -0.733 e. The molecule has 0 heterocycles. The third-order valence-electron chi connectivity index (χ3n) is 5.85. The number of methoxy groups -OCH3 is 3. The zero-order chi connectivity index (χ0) is 29.1. The van der Waals surface area contributed by atoms with E-state index in [0.29, 0.717) is 47.0 Å². The van der Waals surface area contributed by atoms with Gasteiger partial charge in [-0.15, -0.1) is 0 Å². The lowest BCUT2D eigenvalue weighted by Crippen LogP contribution is -2.14. The predicted octanol–water partition coefficient (Wildman–Crippen LogP) is 4.96. The number of hydrazone groups is 1. The second-order valence-electron chi connectivity index (χ2n) is 8.56. The molecule has 12 nitrogen and oxygen atoms in total. The maximum Gasteiger partial charge on any atom is 0.224 e. The van der Waals surface area contributed by atoms with Crippen molar-refractivity contribution in [2.45, 2.75) is 25.7 Å². The lowest BCUT2D eigenvalue weighted by molar-refractivity contribution is -0.116. The van der Waals surface area contributed by atoms with E-state index < -0.39 is 0 Å². The molecule has 212 valence electrons. The first-order valence-corrected chi connectivity index (χ1v) is 12.2. The average Bonchev–Trinajstić information content (AvgIpc) is 2.96. The highest BCUT2D eigenvalue weighted by atomic mass is 16.8. The van der Waals surface area contributed by atoms with E-state index >= 15 is 0 Å². The number of nitrogens with zero attached hydrogens (tertiary/aromatic N) is 2. The molecule has 0 saturated heterocycles. The Bertz CT molecular complexity index is 1340. The molecule has 40 heavy (non-hydrogen) atoms. The number of phenolic OH excluding ortho intramolecular Hbond substituents is 1.